The van der Waals surface area contributed by atoms with Gasteiger partial charge in [0.25, 0.3) is 0 Å². The highest BCUT2D eigenvalue weighted by Crippen LogP contribution is 2.43. The van der Waals surface area contributed by atoms with Crippen molar-refractivity contribution in [1.82, 2.24) is 10.3 Å². The van der Waals surface area contributed by atoms with Crippen LogP contribution in [-0.4, -0.2) is 47.7 Å². The Bertz CT molecular complexity index is 1410. The van der Waals surface area contributed by atoms with Gasteiger partial charge in [-0.05, 0) is 96.0 Å². The Hall–Kier alpha value is -3.46. The molecule has 9 heteroatoms. The fraction of sp³-hybridized carbons (Fsp3) is 0.500. The van der Waals surface area contributed by atoms with Crippen molar-refractivity contribution < 1.29 is 23.9 Å². The number of hydrogen-bond acceptors (Lipinski definition) is 7. The minimum Gasteiger partial charge on any atom is -0.460 e. The molecule has 41 heavy (non-hydrogen) atoms. The number of alkyl carbamates (subject to hydrolysis) is 1. The SMILES string of the molecule is CN(C(=O)C1(CC(=O)OC(C)(C)C)Cc2ccccc2C1)c1nc2cc(CCCNC(=O)OC(C)(C)C)ccc2s1. The van der Waals surface area contributed by atoms with Crippen LogP contribution >= 0.6 is 11.3 Å². The summed E-state index contributed by atoms with van der Waals surface area (Å²) in [6.07, 6.45) is 2.09. The van der Waals surface area contributed by atoms with E-state index in [0.717, 1.165) is 39.7 Å². The number of fused-ring (bicyclic) bond motifs is 2. The lowest BCUT2D eigenvalue weighted by Gasteiger charge is -2.31. The van der Waals surface area contributed by atoms with Crippen LogP contribution in [0, 0.1) is 5.41 Å². The molecule has 0 saturated carbocycles. The van der Waals surface area contributed by atoms with E-state index >= 15 is 0 Å². The molecule has 4 rings (SSSR count). The molecule has 1 N–H and O–H groups in total. The van der Waals surface area contributed by atoms with Gasteiger partial charge >= 0.3 is 12.1 Å². The molecule has 1 aromatic heterocycles. The minimum absolute atomic E-state index is 0.00843. The Morgan fingerprint density at radius 3 is 2.22 bits per heavy atom. The van der Waals surface area contributed by atoms with E-state index in [1.165, 1.54) is 11.3 Å². The van der Waals surface area contributed by atoms with Crippen molar-refractivity contribution >= 4 is 44.7 Å². The van der Waals surface area contributed by atoms with Crippen LogP contribution in [0.5, 0.6) is 0 Å². The number of nitrogens with zero attached hydrogens (tertiary/aromatic N) is 2. The number of amides is 2. The summed E-state index contributed by atoms with van der Waals surface area (Å²) >= 11 is 1.45. The van der Waals surface area contributed by atoms with Gasteiger partial charge in [-0.15, -0.1) is 0 Å². The Morgan fingerprint density at radius 1 is 0.976 bits per heavy atom. The summed E-state index contributed by atoms with van der Waals surface area (Å²) < 4.78 is 11.9. The number of carbonyl (C=O) groups excluding carboxylic acids is 3. The minimum atomic E-state index is -0.926. The monoisotopic (exact) mass is 579 g/mol. The lowest BCUT2D eigenvalue weighted by atomic mass is 9.80. The number of benzene rings is 2. The molecule has 0 fully saturated rings. The fourth-order valence-corrected chi connectivity index (χ4v) is 6.11. The van der Waals surface area contributed by atoms with Gasteiger partial charge in [-0.25, -0.2) is 9.78 Å². The van der Waals surface area contributed by atoms with Crippen LogP contribution in [-0.2, 0) is 38.3 Å². The Labute approximate surface area is 246 Å². The van der Waals surface area contributed by atoms with E-state index in [1.54, 1.807) is 11.9 Å². The molecule has 220 valence electrons. The average Bonchev–Trinajstić information content (AvgIpc) is 3.44. The molecule has 0 aliphatic heterocycles. The number of ether oxygens (including phenoxy) is 2. The zero-order valence-electron chi connectivity index (χ0n) is 25.1. The third-order valence-electron chi connectivity index (χ3n) is 6.88. The van der Waals surface area contributed by atoms with Crippen molar-refractivity contribution in [2.24, 2.45) is 5.41 Å². The van der Waals surface area contributed by atoms with Gasteiger partial charge < -0.3 is 14.8 Å². The van der Waals surface area contributed by atoms with E-state index in [-0.39, 0.29) is 18.3 Å². The van der Waals surface area contributed by atoms with E-state index in [4.69, 9.17) is 14.5 Å². The van der Waals surface area contributed by atoms with Crippen molar-refractivity contribution in [1.29, 1.82) is 0 Å². The molecular weight excluding hydrogens is 538 g/mol. The second-order valence-electron chi connectivity index (χ2n) is 12.9. The smallest absolute Gasteiger partial charge is 0.407 e. The van der Waals surface area contributed by atoms with E-state index in [1.807, 2.05) is 77.9 Å². The summed E-state index contributed by atoms with van der Waals surface area (Å²) in [6.45, 7) is 11.5. The molecule has 0 radical (unpaired) electrons. The molecule has 2 amide bonds. The molecule has 0 unspecified atom stereocenters. The fourth-order valence-electron chi connectivity index (χ4n) is 5.20. The van der Waals surface area contributed by atoms with Crippen LogP contribution in [0.25, 0.3) is 10.2 Å². The van der Waals surface area contributed by atoms with Crippen LogP contribution in [0.3, 0.4) is 0 Å². The average molecular weight is 580 g/mol. The highest BCUT2D eigenvalue weighted by molar-refractivity contribution is 7.22. The molecule has 3 aromatic rings. The maximum atomic E-state index is 14.1. The molecule has 1 aliphatic rings. The van der Waals surface area contributed by atoms with Crippen LogP contribution < -0.4 is 10.2 Å². The lowest BCUT2D eigenvalue weighted by molar-refractivity contribution is -0.159. The van der Waals surface area contributed by atoms with Gasteiger partial charge in [0.1, 0.15) is 11.2 Å². The summed E-state index contributed by atoms with van der Waals surface area (Å²) in [4.78, 5) is 45.4. The van der Waals surface area contributed by atoms with Gasteiger partial charge in [0.15, 0.2) is 5.13 Å². The first-order valence-electron chi connectivity index (χ1n) is 14.1. The van der Waals surface area contributed by atoms with Crippen LogP contribution in [0.15, 0.2) is 42.5 Å². The Morgan fingerprint density at radius 2 is 1.61 bits per heavy atom. The number of nitrogens with one attached hydrogen (secondary N) is 1. The number of thiazole rings is 1. The lowest BCUT2D eigenvalue weighted by Crippen LogP contribution is -2.45. The number of esters is 1. The van der Waals surface area contributed by atoms with Crippen molar-refractivity contribution in [3.63, 3.8) is 0 Å². The third kappa shape index (κ3) is 7.85. The van der Waals surface area contributed by atoms with Crippen molar-refractivity contribution in [3.05, 3.63) is 59.2 Å². The summed E-state index contributed by atoms with van der Waals surface area (Å²) in [7, 11) is 1.74. The van der Waals surface area contributed by atoms with Crippen LogP contribution in [0.1, 0.15) is 71.1 Å². The van der Waals surface area contributed by atoms with Gasteiger partial charge in [-0.3, -0.25) is 14.5 Å². The number of hydrogen-bond donors (Lipinski definition) is 1. The standard InChI is InChI=1S/C32H41N3O5S/c1-30(2,3)39-26(36)20-32(18-22-12-8-9-13-23(22)19-32)27(37)35(7)28-34-24-17-21(14-15-25(24)41-28)11-10-16-33-29(38)40-31(4,5)6/h8-9,12-15,17H,10-11,16,18-20H2,1-7H3,(H,33,38). The van der Waals surface area contributed by atoms with E-state index in [9.17, 15) is 14.4 Å². The molecule has 0 saturated heterocycles. The van der Waals surface area contributed by atoms with Gasteiger partial charge in [-0.2, -0.15) is 0 Å². The quantitative estimate of drug-likeness (QED) is 0.251. The summed E-state index contributed by atoms with van der Waals surface area (Å²) in [5, 5.41) is 3.38. The molecule has 0 spiro atoms. The van der Waals surface area contributed by atoms with Gasteiger partial charge in [0.2, 0.25) is 5.91 Å². The van der Waals surface area contributed by atoms with Crippen LogP contribution in [0.4, 0.5) is 9.93 Å². The predicted molar refractivity (Wildman–Crippen MR) is 162 cm³/mol. The first-order valence-corrected chi connectivity index (χ1v) is 14.9. The molecule has 0 bridgehead atoms. The molecule has 1 aliphatic carbocycles. The van der Waals surface area contributed by atoms with Crippen molar-refractivity contribution in [2.45, 2.75) is 84.8 Å². The first-order chi connectivity index (χ1) is 19.1. The highest BCUT2D eigenvalue weighted by Gasteiger charge is 2.48. The third-order valence-corrected chi connectivity index (χ3v) is 7.99. The summed E-state index contributed by atoms with van der Waals surface area (Å²) in [6, 6.07) is 14.1. The van der Waals surface area contributed by atoms with E-state index in [2.05, 4.69) is 11.4 Å². The Balaban J connectivity index is 1.47. The second-order valence-corrected chi connectivity index (χ2v) is 13.9. The largest absolute Gasteiger partial charge is 0.460 e. The number of rotatable bonds is 8. The zero-order chi connectivity index (χ0) is 30.0. The van der Waals surface area contributed by atoms with Crippen molar-refractivity contribution in [3.8, 4) is 0 Å². The molecule has 2 aromatic carbocycles. The summed E-state index contributed by atoms with van der Waals surface area (Å²) in [5.41, 5.74) is 2.02. The molecule has 0 atom stereocenters. The van der Waals surface area contributed by atoms with Crippen molar-refractivity contribution in [2.75, 3.05) is 18.5 Å². The topological polar surface area (TPSA) is 97.8 Å². The number of carbonyl (C=O) groups is 3. The molecule has 8 nitrogen and oxygen atoms in total. The normalized spacial score (nSPS) is 14.4. The second kappa shape index (κ2) is 11.8. The first kappa shape index (κ1) is 30.5. The number of anilines is 1. The Kier molecular flexibility index (Phi) is 8.78. The van der Waals surface area contributed by atoms with Gasteiger partial charge in [0, 0.05) is 13.6 Å². The number of aryl methyl sites for hydroxylation is 1. The predicted octanol–water partition coefficient (Wildman–Crippen LogP) is 6.23. The summed E-state index contributed by atoms with van der Waals surface area (Å²) in [5.74, 6) is -0.505. The zero-order valence-corrected chi connectivity index (χ0v) is 25.9. The van der Waals surface area contributed by atoms with Gasteiger partial charge in [0.05, 0.1) is 22.1 Å². The molecular formula is C32H41N3O5S. The maximum absolute atomic E-state index is 14.1. The molecule has 1 heterocycles. The van der Waals surface area contributed by atoms with E-state index in [0.29, 0.717) is 24.5 Å². The van der Waals surface area contributed by atoms with Crippen LogP contribution in [0.2, 0.25) is 0 Å². The maximum Gasteiger partial charge on any atom is 0.407 e. The van der Waals surface area contributed by atoms with Gasteiger partial charge in [-0.1, -0.05) is 41.7 Å². The number of aromatic nitrogens is 1. The van der Waals surface area contributed by atoms with E-state index < -0.39 is 22.7 Å². The highest BCUT2D eigenvalue weighted by atomic mass is 32.1.